The first-order valence-corrected chi connectivity index (χ1v) is 9.18. The minimum atomic E-state index is -0.609. The van der Waals surface area contributed by atoms with Gasteiger partial charge in [-0.15, -0.1) is 0 Å². The number of carbonyl (C=O) groups is 2. The Bertz CT molecular complexity index is 1060. The summed E-state index contributed by atoms with van der Waals surface area (Å²) in [7, 11) is 0. The van der Waals surface area contributed by atoms with Gasteiger partial charge >= 0.3 is 5.76 Å². The van der Waals surface area contributed by atoms with Crippen LogP contribution in [0.15, 0.2) is 70.1 Å². The van der Waals surface area contributed by atoms with Gasteiger partial charge in [-0.3, -0.25) is 19.1 Å². The zero-order chi connectivity index (χ0) is 19.8. The molecule has 28 heavy (non-hydrogen) atoms. The van der Waals surface area contributed by atoms with Gasteiger partial charge in [-0.1, -0.05) is 56.3 Å². The van der Waals surface area contributed by atoms with Crippen molar-refractivity contribution in [2.45, 2.75) is 26.4 Å². The van der Waals surface area contributed by atoms with Gasteiger partial charge in [-0.25, -0.2) is 4.79 Å². The van der Waals surface area contributed by atoms with Gasteiger partial charge in [0.2, 0.25) is 0 Å². The number of hydrogen-bond donors (Lipinski definition) is 0. The van der Waals surface area contributed by atoms with Crippen LogP contribution in [0, 0.1) is 5.92 Å². The SMILES string of the molecule is CC(C)C(c1coc(=O)n1Cc1ccccc1)N1C(=O)c2ccccc2C1=O. The van der Waals surface area contributed by atoms with Crippen LogP contribution in [0.5, 0.6) is 0 Å². The molecule has 0 fully saturated rings. The number of amides is 2. The fraction of sp³-hybridized carbons (Fsp3) is 0.227. The summed E-state index contributed by atoms with van der Waals surface area (Å²) in [6.45, 7) is 4.13. The minimum Gasteiger partial charge on any atom is -0.416 e. The average Bonchev–Trinajstić information content (AvgIpc) is 3.16. The van der Waals surface area contributed by atoms with Crippen molar-refractivity contribution in [3.05, 3.63) is 93.8 Å². The first kappa shape index (κ1) is 18.0. The topological polar surface area (TPSA) is 72.5 Å². The van der Waals surface area contributed by atoms with E-state index in [1.807, 2.05) is 44.2 Å². The van der Waals surface area contributed by atoms with Crippen molar-refractivity contribution in [2.75, 3.05) is 0 Å². The van der Waals surface area contributed by atoms with E-state index in [9.17, 15) is 14.4 Å². The lowest BCUT2D eigenvalue weighted by atomic mass is 9.99. The fourth-order valence-corrected chi connectivity index (χ4v) is 3.73. The number of aromatic nitrogens is 1. The summed E-state index contributed by atoms with van der Waals surface area (Å²) in [5.74, 6) is -1.32. The average molecular weight is 376 g/mol. The molecule has 0 spiro atoms. The molecule has 142 valence electrons. The molecule has 1 aromatic heterocycles. The number of hydrogen-bond acceptors (Lipinski definition) is 4. The highest BCUT2D eigenvalue weighted by Crippen LogP contribution is 2.35. The minimum absolute atomic E-state index is 0.110. The molecule has 0 N–H and O–H groups in total. The molecule has 2 aromatic carbocycles. The third kappa shape index (κ3) is 2.87. The molecule has 0 saturated carbocycles. The fourth-order valence-electron chi connectivity index (χ4n) is 3.73. The quantitative estimate of drug-likeness (QED) is 0.639. The number of nitrogens with zero attached hydrogens (tertiary/aromatic N) is 2. The van der Waals surface area contributed by atoms with Crippen molar-refractivity contribution < 1.29 is 14.0 Å². The maximum Gasteiger partial charge on any atom is 0.419 e. The largest absolute Gasteiger partial charge is 0.419 e. The van der Waals surface area contributed by atoms with Gasteiger partial charge in [0.05, 0.1) is 29.4 Å². The van der Waals surface area contributed by atoms with Gasteiger partial charge in [0.25, 0.3) is 11.8 Å². The van der Waals surface area contributed by atoms with Crippen molar-refractivity contribution in [3.63, 3.8) is 0 Å². The lowest BCUT2D eigenvalue weighted by molar-refractivity contribution is 0.0530. The van der Waals surface area contributed by atoms with Crippen molar-refractivity contribution in [2.24, 2.45) is 5.92 Å². The number of imide groups is 1. The molecule has 6 heteroatoms. The first-order chi connectivity index (χ1) is 13.5. The Morgan fingerprint density at radius 3 is 2.00 bits per heavy atom. The van der Waals surface area contributed by atoms with Crippen LogP contribution in [0.25, 0.3) is 0 Å². The van der Waals surface area contributed by atoms with E-state index in [2.05, 4.69) is 0 Å². The number of carbonyl (C=O) groups excluding carboxylic acids is 2. The van der Waals surface area contributed by atoms with E-state index in [4.69, 9.17) is 4.42 Å². The van der Waals surface area contributed by atoms with E-state index < -0.39 is 11.8 Å². The van der Waals surface area contributed by atoms with Crippen LogP contribution < -0.4 is 5.76 Å². The molecule has 2 heterocycles. The Hall–Kier alpha value is -3.41. The second-order valence-corrected chi connectivity index (χ2v) is 7.21. The van der Waals surface area contributed by atoms with Gasteiger partial charge in [0.1, 0.15) is 6.26 Å². The Labute approximate surface area is 162 Å². The van der Waals surface area contributed by atoms with Crippen LogP contribution in [0.3, 0.4) is 0 Å². The van der Waals surface area contributed by atoms with E-state index in [1.54, 1.807) is 24.3 Å². The Kier molecular flexibility index (Phi) is 4.47. The van der Waals surface area contributed by atoms with Gasteiger partial charge in [-0.2, -0.15) is 0 Å². The lowest BCUT2D eigenvalue weighted by Gasteiger charge is -2.29. The molecule has 1 atom stereocenters. The van der Waals surface area contributed by atoms with Crippen LogP contribution >= 0.6 is 0 Å². The molecule has 2 amide bonds. The number of oxazole rings is 1. The maximum absolute atomic E-state index is 13.0. The van der Waals surface area contributed by atoms with Crippen molar-refractivity contribution in [3.8, 4) is 0 Å². The predicted octanol–water partition coefficient (Wildman–Crippen LogP) is 3.48. The van der Waals surface area contributed by atoms with E-state index in [0.717, 1.165) is 5.56 Å². The predicted molar refractivity (Wildman–Crippen MR) is 103 cm³/mol. The second kappa shape index (κ2) is 6.96. The smallest absolute Gasteiger partial charge is 0.416 e. The summed E-state index contributed by atoms with van der Waals surface area (Å²) < 4.78 is 6.65. The monoisotopic (exact) mass is 376 g/mol. The Balaban J connectivity index is 1.78. The third-order valence-electron chi connectivity index (χ3n) is 5.03. The van der Waals surface area contributed by atoms with Crippen LogP contribution in [0.4, 0.5) is 0 Å². The summed E-state index contributed by atoms with van der Waals surface area (Å²) in [5.41, 5.74) is 2.22. The van der Waals surface area contributed by atoms with Gasteiger partial charge < -0.3 is 4.42 Å². The molecule has 0 saturated heterocycles. The molecule has 0 bridgehead atoms. The van der Waals surface area contributed by atoms with Crippen LogP contribution in [0.1, 0.15) is 51.9 Å². The van der Waals surface area contributed by atoms with E-state index in [1.165, 1.54) is 15.7 Å². The second-order valence-electron chi connectivity index (χ2n) is 7.21. The lowest BCUT2D eigenvalue weighted by Crippen LogP contribution is -2.38. The Morgan fingerprint density at radius 2 is 1.43 bits per heavy atom. The number of benzene rings is 2. The molecule has 1 unspecified atom stereocenters. The normalized spacial score (nSPS) is 14.6. The molecule has 0 radical (unpaired) electrons. The maximum atomic E-state index is 13.0. The van der Waals surface area contributed by atoms with Crippen LogP contribution in [0.2, 0.25) is 0 Å². The molecule has 1 aliphatic heterocycles. The highest BCUT2D eigenvalue weighted by Gasteiger charge is 2.43. The highest BCUT2D eigenvalue weighted by molar-refractivity contribution is 6.21. The summed E-state index contributed by atoms with van der Waals surface area (Å²) in [6.07, 6.45) is 1.36. The van der Waals surface area contributed by atoms with Crippen molar-refractivity contribution >= 4 is 11.8 Å². The van der Waals surface area contributed by atoms with E-state index in [0.29, 0.717) is 23.4 Å². The third-order valence-corrected chi connectivity index (χ3v) is 5.03. The summed E-state index contributed by atoms with van der Waals surface area (Å²) in [6, 6.07) is 15.7. The zero-order valence-corrected chi connectivity index (χ0v) is 15.7. The van der Waals surface area contributed by atoms with Gasteiger partial charge in [0.15, 0.2) is 0 Å². The molecular weight excluding hydrogens is 356 g/mol. The van der Waals surface area contributed by atoms with Gasteiger partial charge in [0, 0.05) is 0 Å². The van der Waals surface area contributed by atoms with Gasteiger partial charge in [-0.05, 0) is 23.6 Å². The summed E-state index contributed by atoms with van der Waals surface area (Å²) in [4.78, 5) is 39.6. The standard InChI is InChI=1S/C22H20N2O4/c1-14(2)19(24-20(25)16-10-6-7-11-17(16)21(24)26)18-13-28-22(27)23(18)12-15-8-4-3-5-9-15/h3-11,13-14,19H,12H2,1-2H3. The number of fused-ring (bicyclic) bond motifs is 1. The summed E-state index contributed by atoms with van der Waals surface area (Å²) >= 11 is 0. The van der Waals surface area contributed by atoms with E-state index in [-0.39, 0.29) is 17.7 Å². The molecule has 4 rings (SSSR count). The van der Waals surface area contributed by atoms with Crippen molar-refractivity contribution in [1.82, 2.24) is 9.47 Å². The Morgan fingerprint density at radius 1 is 0.857 bits per heavy atom. The van der Waals surface area contributed by atoms with E-state index >= 15 is 0 Å². The van der Waals surface area contributed by atoms with Crippen LogP contribution in [-0.2, 0) is 6.54 Å². The first-order valence-electron chi connectivity index (χ1n) is 9.18. The molecule has 6 nitrogen and oxygen atoms in total. The highest BCUT2D eigenvalue weighted by atomic mass is 16.4. The molecule has 0 aliphatic carbocycles. The number of rotatable bonds is 5. The molecule has 3 aromatic rings. The molecule has 1 aliphatic rings. The van der Waals surface area contributed by atoms with Crippen molar-refractivity contribution in [1.29, 1.82) is 0 Å². The van der Waals surface area contributed by atoms with Crippen LogP contribution in [-0.4, -0.2) is 21.3 Å². The zero-order valence-electron chi connectivity index (χ0n) is 15.7. The molecular formula is C22H20N2O4. The summed E-state index contributed by atoms with van der Waals surface area (Å²) in [5, 5.41) is 0.